The van der Waals surface area contributed by atoms with Gasteiger partial charge >= 0.3 is 0 Å². The van der Waals surface area contributed by atoms with Crippen LogP contribution in [0.3, 0.4) is 0 Å². The lowest BCUT2D eigenvalue weighted by atomic mass is 9.91. The largest absolute Gasteiger partial charge is 0.381 e. The standard InChI is InChI=1S/C14H27NOS/c15-12-14(8-3-11-17-14)7-2-1-4-13-5-9-16-10-6-13/h13H,1-12,15H2. The smallest absolute Gasteiger partial charge is 0.0468 e. The zero-order valence-electron chi connectivity index (χ0n) is 11.0. The topological polar surface area (TPSA) is 35.2 Å². The highest BCUT2D eigenvalue weighted by Gasteiger charge is 2.32. The highest BCUT2D eigenvalue weighted by atomic mass is 32.2. The van der Waals surface area contributed by atoms with Crippen molar-refractivity contribution in [3.05, 3.63) is 0 Å². The molecule has 2 saturated heterocycles. The van der Waals surface area contributed by atoms with Gasteiger partial charge in [-0.1, -0.05) is 19.3 Å². The predicted molar refractivity (Wildman–Crippen MR) is 75.5 cm³/mol. The van der Waals surface area contributed by atoms with Crippen molar-refractivity contribution in [2.45, 2.75) is 56.1 Å². The van der Waals surface area contributed by atoms with E-state index in [1.54, 1.807) is 0 Å². The molecule has 3 heteroatoms. The number of rotatable bonds is 6. The van der Waals surface area contributed by atoms with Crippen LogP contribution in [-0.2, 0) is 4.74 Å². The molecule has 0 aromatic rings. The van der Waals surface area contributed by atoms with E-state index in [2.05, 4.69) is 11.8 Å². The molecular formula is C14H27NOS. The summed E-state index contributed by atoms with van der Waals surface area (Å²) in [5.41, 5.74) is 5.96. The Hall–Kier alpha value is 0.270. The molecular weight excluding hydrogens is 230 g/mol. The van der Waals surface area contributed by atoms with Crippen LogP contribution in [0.1, 0.15) is 51.4 Å². The van der Waals surface area contributed by atoms with Crippen molar-refractivity contribution in [3.63, 3.8) is 0 Å². The molecule has 0 aromatic heterocycles. The molecule has 1 atom stereocenters. The number of unbranched alkanes of at least 4 members (excludes halogenated alkanes) is 1. The fourth-order valence-corrected chi connectivity index (χ4v) is 4.55. The Morgan fingerprint density at radius 1 is 1.24 bits per heavy atom. The molecule has 2 heterocycles. The van der Waals surface area contributed by atoms with Crippen molar-refractivity contribution in [2.24, 2.45) is 11.7 Å². The fraction of sp³-hybridized carbons (Fsp3) is 1.00. The van der Waals surface area contributed by atoms with Gasteiger partial charge in [0.05, 0.1) is 0 Å². The third kappa shape index (κ3) is 4.15. The van der Waals surface area contributed by atoms with Gasteiger partial charge < -0.3 is 10.5 Å². The second-order valence-electron chi connectivity index (χ2n) is 5.64. The van der Waals surface area contributed by atoms with Gasteiger partial charge in [0, 0.05) is 24.5 Å². The lowest BCUT2D eigenvalue weighted by Crippen LogP contribution is -2.31. The normalized spacial score (nSPS) is 30.9. The molecule has 1 unspecified atom stereocenters. The van der Waals surface area contributed by atoms with E-state index in [-0.39, 0.29) is 0 Å². The van der Waals surface area contributed by atoms with E-state index in [9.17, 15) is 0 Å². The minimum Gasteiger partial charge on any atom is -0.381 e. The second-order valence-corrected chi connectivity index (χ2v) is 7.20. The third-order valence-electron chi connectivity index (χ3n) is 4.39. The van der Waals surface area contributed by atoms with E-state index in [0.29, 0.717) is 4.75 Å². The van der Waals surface area contributed by atoms with Crippen LogP contribution in [0.25, 0.3) is 0 Å². The van der Waals surface area contributed by atoms with Crippen molar-refractivity contribution in [3.8, 4) is 0 Å². The highest BCUT2D eigenvalue weighted by Crippen LogP contribution is 2.41. The van der Waals surface area contributed by atoms with Gasteiger partial charge in [0.2, 0.25) is 0 Å². The summed E-state index contributed by atoms with van der Waals surface area (Å²) in [5, 5.41) is 0. The number of hydrogen-bond donors (Lipinski definition) is 1. The fourth-order valence-electron chi connectivity index (χ4n) is 3.13. The zero-order chi connectivity index (χ0) is 12.0. The third-order valence-corrected chi connectivity index (χ3v) is 6.07. The lowest BCUT2D eigenvalue weighted by Gasteiger charge is -2.27. The molecule has 0 spiro atoms. The van der Waals surface area contributed by atoms with Gasteiger partial charge in [-0.05, 0) is 43.8 Å². The van der Waals surface area contributed by atoms with E-state index in [1.807, 2.05) is 0 Å². The average molecular weight is 257 g/mol. The van der Waals surface area contributed by atoms with Crippen molar-refractivity contribution in [1.82, 2.24) is 0 Å². The minimum absolute atomic E-state index is 0.454. The van der Waals surface area contributed by atoms with Gasteiger partial charge in [0.1, 0.15) is 0 Å². The SMILES string of the molecule is NCC1(CCCCC2CCOCC2)CCCS1. The molecule has 0 radical (unpaired) electrons. The lowest BCUT2D eigenvalue weighted by molar-refractivity contribution is 0.0630. The summed E-state index contributed by atoms with van der Waals surface area (Å²) < 4.78 is 5.85. The maximum atomic E-state index is 5.96. The van der Waals surface area contributed by atoms with Gasteiger partial charge in [-0.3, -0.25) is 0 Å². The maximum absolute atomic E-state index is 5.96. The van der Waals surface area contributed by atoms with E-state index >= 15 is 0 Å². The maximum Gasteiger partial charge on any atom is 0.0468 e. The first kappa shape index (κ1) is 13.7. The molecule has 2 nitrogen and oxygen atoms in total. The Morgan fingerprint density at radius 3 is 2.71 bits per heavy atom. The monoisotopic (exact) mass is 257 g/mol. The van der Waals surface area contributed by atoms with Crippen molar-refractivity contribution in [1.29, 1.82) is 0 Å². The van der Waals surface area contributed by atoms with Crippen LogP contribution in [0.15, 0.2) is 0 Å². The van der Waals surface area contributed by atoms with Crippen LogP contribution in [0.2, 0.25) is 0 Å². The summed E-state index contributed by atoms with van der Waals surface area (Å²) in [7, 11) is 0. The van der Waals surface area contributed by atoms with E-state index in [1.165, 1.54) is 57.1 Å². The Labute approximate surface area is 110 Å². The Kier molecular flexibility index (Phi) is 5.64. The molecule has 0 bridgehead atoms. The molecule has 17 heavy (non-hydrogen) atoms. The summed E-state index contributed by atoms with van der Waals surface area (Å²) in [6, 6.07) is 0. The Balaban J connectivity index is 1.58. The quantitative estimate of drug-likeness (QED) is 0.742. The van der Waals surface area contributed by atoms with Gasteiger partial charge in [-0.15, -0.1) is 0 Å². The van der Waals surface area contributed by atoms with E-state index in [4.69, 9.17) is 10.5 Å². The molecule has 2 N–H and O–H groups in total. The number of nitrogens with two attached hydrogens (primary N) is 1. The molecule has 0 aliphatic carbocycles. The molecule has 2 rings (SSSR count). The predicted octanol–water partition coefficient (Wildman–Crippen LogP) is 3.20. The molecule has 0 amide bonds. The summed E-state index contributed by atoms with van der Waals surface area (Å²) in [4.78, 5) is 0. The van der Waals surface area contributed by atoms with Gasteiger partial charge in [0.25, 0.3) is 0 Å². The first-order valence-electron chi connectivity index (χ1n) is 7.26. The van der Waals surface area contributed by atoms with Gasteiger partial charge in [-0.25, -0.2) is 0 Å². The summed E-state index contributed by atoms with van der Waals surface area (Å²) in [5.74, 6) is 2.27. The molecule has 100 valence electrons. The first-order valence-corrected chi connectivity index (χ1v) is 8.25. The van der Waals surface area contributed by atoms with Crippen molar-refractivity contribution >= 4 is 11.8 Å². The van der Waals surface area contributed by atoms with Crippen molar-refractivity contribution in [2.75, 3.05) is 25.5 Å². The van der Waals surface area contributed by atoms with Crippen LogP contribution in [-0.4, -0.2) is 30.3 Å². The van der Waals surface area contributed by atoms with Crippen molar-refractivity contribution < 1.29 is 4.74 Å². The Morgan fingerprint density at radius 2 is 2.06 bits per heavy atom. The second kappa shape index (κ2) is 7.01. The zero-order valence-corrected chi connectivity index (χ0v) is 11.8. The van der Waals surface area contributed by atoms with Gasteiger partial charge in [-0.2, -0.15) is 11.8 Å². The molecule has 0 saturated carbocycles. The summed E-state index contributed by atoms with van der Waals surface area (Å²) in [6.07, 6.45) is 10.8. The molecule has 2 fully saturated rings. The molecule has 2 aliphatic rings. The van der Waals surface area contributed by atoms with Crippen LogP contribution in [0, 0.1) is 5.92 Å². The van der Waals surface area contributed by atoms with E-state index < -0.39 is 0 Å². The van der Waals surface area contributed by atoms with Gasteiger partial charge in [0.15, 0.2) is 0 Å². The van der Waals surface area contributed by atoms with Crippen LogP contribution in [0.4, 0.5) is 0 Å². The Bertz CT molecular complexity index is 210. The molecule has 2 aliphatic heterocycles. The van der Waals surface area contributed by atoms with Crippen LogP contribution < -0.4 is 5.73 Å². The molecule has 0 aromatic carbocycles. The highest BCUT2D eigenvalue weighted by molar-refractivity contribution is 8.00. The summed E-state index contributed by atoms with van der Waals surface area (Å²) >= 11 is 2.13. The first-order chi connectivity index (χ1) is 8.35. The van der Waals surface area contributed by atoms with Crippen LogP contribution >= 0.6 is 11.8 Å². The average Bonchev–Trinajstić information content (AvgIpc) is 2.85. The number of ether oxygens (including phenoxy) is 1. The number of thioether (sulfide) groups is 1. The number of hydrogen-bond acceptors (Lipinski definition) is 3. The van der Waals surface area contributed by atoms with E-state index in [0.717, 1.165) is 25.7 Å². The minimum atomic E-state index is 0.454. The van der Waals surface area contributed by atoms with Crippen LogP contribution in [0.5, 0.6) is 0 Å². The summed E-state index contributed by atoms with van der Waals surface area (Å²) in [6.45, 7) is 2.87.